The number of hydrogen-bond donors (Lipinski definition) is 0. The smallest absolute Gasteiger partial charge is 0.281 e. The number of nitrogens with zero attached hydrogens (tertiary/aromatic N) is 3. The highest BCUT2D eigenvalue weighted by Gasteiger charge is 2.46. The van der Waals surface area contributed by atoms with Crippen molar-refractivity contribution in [3.05, 3.63) is 29.8 Å². The number of piperidine rings is 1. The summed E-state index contributed by atoms with van der Waals surface area (Å²) < 4.78 is 32.6. The van der Waals surface area contributed by atoms with E-state index in [1.165, 1.54) is 8.61 Å². The topological polar surface area (TPSA) is 70.2 Å². The number of carbonyl (C=O) groups is 1. The maximum Gasteiger partial charge on any atom is 0.281 e. The minimum Gasteiger partial charge on any atom is -0.497 e. The molecule has 8 heteroatoms. The van der Waals surface area contributed by atoms with E-state index in [1.807, 2.05) is 29.2 Å². The Morgan fingerprint density at radius 1 is 1.23 bits per heavy atom. The van der Waals surface area contributed by atoms with E-state index in [4.69, 9.17) is 4.74 Å². The third-order valence-corrected chi connectivity index (χ3v) is 7.42. The molecule has 1 aromatic rings. The highest BCUT2D eigenvalue weighted by molar-refractivity contribution is 7.86. The average molecular weight is 381 g/mol. The first-order valence-electron chi connectivity index (χ1n) is 8.84. The van der Waals surface area contributed by atoms with Crippen molar-refractivity contribution in [1.82, 2.24) is 13.5 Å². The molecule has 0 unspecified atom stereocenters. The summed E-state index contributed by atoms with van der Waals surface area (Å²) in [6, 6.07) is 7.75. The first-order chi connectivity index (χ1) is 12.3. The Morgan fingerprint density at radius 3 is 2.54 bits per heavy atom. The van der Waals surface area contributed by atoms with Gasteiger partial charge in [0.05, 0.1) is 7.11 Å². The van der Waals surface area contributed by atoms with Crippen LogP contribution in [0.4, 0.5) is 0 Å². The average Bonchev–Trinajstić information content (AvgIpc) is 2.90. The number of amides is 1. The zero-order chi connectivity index (χ0) is 18.9. The van der Waals surface area contributed by atoms with Gasteiger partial charge < -0.3 is 9.64 Å². The second-order valence-corrected chi connectivity index (χ2v) is 9.61. The minimum absolute atomic E-state index is 0.103. The molecule has 2 heterocycles. The summed E-state index contributed by atoms with van der Waals surface area (Å²) in [7, 11) is 1.35. The maximum absolute atomic E-state index is 12.5. The van der Waals surface area contributed by atoms with E-state index in [0.717, 1.165) is 24.2 Å². The maximum atomic E-state index is 12.5. The fraction of sp³-hybridized carbons (Fsp3) is 0.611. The predicted octanol–water partition coefficient (Wildman–Crippen LogP) is 1.32. The summed E-state index contributed by atoms with van der Waals surface area (Å²) in [6.07, 6.45) is 1.95. The monoisotopic (exact) mass is 381 g/mol. The molecule has 2 aliphatic heterocycles. The van der Waals surface area contributed by atoms with Gasteiger partial charge in [0, 0.05) is 46.7 Å². The number of hydrogen-bond acceptors (Lipinski definition) is 4. The molecule has 144 valence electrons. The molecule has 2 fully saturated rings. The van der Waals surface area contributed by atoms with Crippen molar-refractivity contribution in [2.24, 2.45) is 5.41 Å². The lowest BCUT2D eigenvalue weighted by Gasteiger charge is -2.38. The van der Waals surface area contributed by atoms with E-state index in [2.05, 4.69) is 0 Å². The zero-order valence-electron chi connectivity index (χ0n) is 15.6. The van der Waals surface area contributed by atoms with E-state index in [9.17, 15) is 13.2 Å². The van der Waals surface area contributed by atoms with Crippen molar-refractivity contribution in [3.8, 4) is 5.75 Å². The quantitative estimate of drug-likeness (QED) is 0.771. The van der Waals surface area contributed by atoms with E-state index in [1.54, 1.807) is 21.2 Å². The normalized spacial score (nSPS) is 20.9. The third-order valence-electron chi connectivity index (χ3n) is 5.48. The SMILES string of the molecule is COc1cccc(CN2CC3(CCN(S(=O)(=O)N(C)C)CC3)CC2=O)c1. The van der Waals surface area contributed by atoms with E-state index in [-0.39, 0.29) is 11.3 Å². The van der Waals surface area contributed by atoms with Crippen LogP contribution in [-0.2, 0) is 21.5 Å². The largest absolute Gasteiger partial charge is 0.497 e. The summed E-state index contributed by atoms with van der Waals surface area (Å²) in [5, 5.41) is 0. The number of benzene rings is 1. The summed E-state index contributed by atoms with van der Waals surface area (Å²) in [5.41, 5.74) is 0.941. The molecule has 26 heavy (non-hydrogen) atoms. The van der Waals surface area contributed by atoms with Gasteiger partial charge in [-0.3, -0.25) is 4.79 Å². The van der Waals surface area contributed by atoms with Crippen LogP contribution in [0.1, 0.15) is 24.8 Å². The molecule has 0 aromatic heterocycles. The lowest BCUT2D eigenvalue weighted by molar-refractivity contribution is -0.128. The van der Waals surface area contributed by atoms with Gasteiger partial charge in [-0.25, -0.2) is 0 Å². The van der Waals surface area contributed by atoms with Crippen molar-refractivity contribution < 1.29 is 17.9 Å². The first kappa shape index (κ1) is 19.1. The van der Waals surface area contributed by atoms with Crippen LogP contribution in [-0.4, -0.2) is 68.7 Å². The standard InChI is InChI=1S/C18H27N3O4S/c1-19(2)26(23,24)21-9-7-18(8-10-21)12-17(22)20(14-18)13-15-5-4-6-16(11-15)25-3/h4-6,11H,7-10,12-14H2,1-3H3. The molecule has 1 amide bonds. The first-order valence-corrected chi connectivity index (χ1v) is 10.2. The van der Waals surface area contributed by atoms with Gasteiger partial charge in [0.2, 0.25) is 5.91 Å². The highest BCUT2D eigenvalue weighted by atomic mass is 32.2. The summed E-state index contributed by atoms with van der Waals surface area (Å²) >= 11 is 0. The zero-order valence-corrected chi connectivity index (χ0v) is 16.5. The van der Waals surface area contributed by atoms with Gasteiger partial charge in [-0.1, -0.05) is 12.1 Å². The van der Waals surface area contributed by atoms with Gasteiger partial charge in [-0.15, -0.1) is 0 Å². The van der Waals surface area contributed by atoms with Gasteiger partial charge in [-0.2, -0.15) is 17.0 Å². The summed E-state index contributed by atoms with van der Waals surface area (Å²) in [6.45, 7) is 2.21. The number of methoxy groups -OCH3 is 1. The lowest BCUT2D eigenvalue weighted by Crippen LogP contribution is -2.47. The fourth-order valence-electron chi connectivity index (χ4n) is 3.87. The predicted molar refractivity (Wildman–Crippen MR) is 98.9 cm³/mol. The Labute approximate surface area is 155 Å². The molecular formula is C18H27N3O4S. The number of carbonyl (C=O) groups excluding carboxylic acids is 1. The summed E-state index contributed by atoms with van der Waals surface area (Å²) in [4.78, 5) is 14.4. The molecular weight excluding hydrogens is 354 g/mol. The van der Waals surface area contributed by atoms with Crippen molar-refractivity contribution >= 4 is 16.1 Å². The second-order valence-electron chi connectivity index (χ2n) is 7.47. The van der Waals surface area contributed by atoms with E-state index in [0.29, 0.717) is 32.6 Å². The molecule has 1 aromatic carbocycles. The molecule has 0 N–H and O–H groups in total. The number of rotatable bonds is 5. The molecule has 7 nitrogen and oxygen atoms in total. The van der Waals surface area contributed by atoms with Gasteiger partial charge in [0.1, 0.15) is 5.75 Å². The Bertz CT molecular complexity index is 770. The Morgan fingerprint density at radius 2 is 1.92 bits per heavy atom. The highest BCUT2D eigenvalue weighted by Crippen LogP contribution is 2.42. The van der Waals surface area contributed by atoms with Crippen LogP contribution < -0.4 is 4.74 Å². The van der Waals surface area contributed by atoms with Crippen LogP contribution in [0, 0.1) is 5.41 Å². The van der Waals surface area contributed by atoms with Crippen molar-refractivity contribution in [3.63, 3.8) is 0 Å². The number of ether oxygens (including phenoxy) is 1. The van der Waals surface area contributed by atoms with Crippen LogP contribution in [0.15, 0.2) is 24.3 Å². The molecule has 3 rings (SSSR count). The Balaban J connectivity index is 1.65. The van der Waals surface area contributed by atoms with E-state index >= 15 is 0 Å². The van der Waals surface area contributed by atoms with E-state index < -0.39 is 10.2 Å². The van der Waals surface area contributed by atoms with Gasteiger partial charge >= 0.3 is 0 Å². The number of likely N-dealkylation sites (tertiary alicyclic amines) is 1. The molecule has 1 spiro atoms. The van der Waals surface area contributed by atoms with Crippen molar-refractivity contribution in [2.45, 2.75) is 25.8 Å². The van der Waals surface area contributed by atoms with Crippen LogP contribution in [0.5, 0.6) is 5.75 Å². The molecule has 0 saturated carbocycles. The van der Waals surface area contributed by atoms with Crippen LogP contribution in [0.25, 0.3) is 0 Å². The fourth-order valence-corrected chi connectivity index (χ4v) is 4.98. The van der Waals surface area contributed by atoms with Crippen LogP contribution >= 0.6 is 0 Å². The van der Waals surface area contributed by atoms with Crippen molar-refractivity contribution in [2.75, 3.05) is 40.8 Å². The lowest BCUT2D eigenvalue weighted by atomic mass is 9.78. The molecule has 0 radical (unpaired) electrons. The summed E-state index contributed by atoms with van der Waals surface area (Å²) in [5.74, 6) is 0.933. The second kappa shape index (κ2) is 7.17. The minimum atomic E-state index is -3.38. The molecule has 0 atom stereocenters. The van der Waals surface area contributed by atoms with Gasteiger partial charge in [0.25, 0.3) is 10.2 Å². The van der Waals surface area contributed by atoms with Crippen LogP contribution in [0.3, 0.4) is 0 Å². The molecule has 2 saturated heterocycles. The van der Waals surface area contributed by atoms with Crippen LogP contribution in [0.2, 0.25) is 0 Å². The Kier molecular flexibility index (Phi) is 5.28. The van der Waals surface area contributed by atoms with Crippen molar-refractivity contribution in [1.29, 1.82) is 0 Å². The van der Waals surface area contributed by atoms with Gasteiger partial charge in [-0.05, 0) is 36.0 Å². The van der Waals surface area contributed by atoms with Gasteiger partial charge in [0.15, 0.2) is 0 Å². The Hall–Kier alpha value is -1.64. The third kappa shape index (κ3) is 3.72. The molecule has 0 bridgehead atoms. The molecule has 2 aliphatic rings. The molecule has 0 aliphatic carbocycles.